The second kappa shape index (κ2) is 9.78. The van der Waals surface area contributed by atoms with Crippen molar-refractivity contribution in [3.63, 3.8) is 0 Å². The average molecular weight is 467 g/mol. The van der Waals surface area contributed by atoms with E-state index in [2.05, 4.69) is 10.1 Å². The summed E-state index contributed by atoms with van der Waals surface area (Å²) in [6.07, 6.45) is 1.60. The number of ether oxygens (including phenoxy) is 4. The van der Waals surface area contributed by atoms with Crippen molar-refractivity contribution in [1.82, 2.24) is 5.01 Å². The Bertz CT molecular complexity index is 1170. The second-order valence-corrected chi connectivity index (χ2v) is 8.08. The molecule has 0 saturated carbocycles. The fourth-order valence-electron chi connectivity index (χ4n) is 3.13. The smallest absolute Gasteiger partial charge is 0.283 e. The molecule has 170 valence electrons. The van der Waals surface area contributed by atoms with Crippen LogP contribution in [0.15, 0.2) is 58.1 Å². The van der Waals surface area contributed by atoms with Gasteiger partial charge in [0, 0.05) is 0 Å². The van der Waals surface area contributed by atoms with E-state index in [1.165, 1.54) is 23.9 Å². The lowest BCUT2D eigenvalue weighted by Gasteiger charge is -2.20. The molecule has 10 heteroatoms. The summed E-state index contributed by atoms with van der Waals surface area (Å²) < 4.78 is 22.0. The first-order valence-corrected chi connectivity index (χ1v) is 10.8. The van der Waals surface area contributed by atoms with Gasteiger partial charge < -0.3 is 18.9 Å². The molecule has 1 amide bonds. The third-order valence-electron chi connectivity index (χ3n) is 4.72. The molecule has 0 spiro atoms. The van der Waals surface area contributed by atoms with Crippen molar-refractivity contribution in [2.75, 3.05) is 27.4 Å². The van der Waals surface area contributed by atoms with Crippen molar-refractivity contribution in [2.45, 2.75) is 6.92 Å². The average Bonchev–Trinajstić information content (AvgIpc) is 3.20. The van der Waals surface area contributed by atoms with Crippen molar-refractivity contribution in [3.8, 4) is 23.0 Å². The lowest BCUT2D eigenvalue weighted by molar-refractivity contribution is -0.114. The number of nitrogens with one attached hydrogen (secondary N) is 1. The Morgan fingerprint density at radius 1 is 1.00 bits per heavy atom. The van der Waals surface area contributed by atoms with Crippen LogP contribution in [0.3, 0.4) is 0 Å². The highest BCUT2D eigenvalue weighted by atomic mass is 32.2. The second-order valence-electron chi connectivity index (χ2n) is 6.92. The van der Waals surface area contributed by atoms with Crippen molar-refractivity contribution in [3.05, 3.63) is 53.6 Å². The highest BCUT2D eigenvalue weighted by molar-refractivity contribution is 8.26. The molecule has 9 nitrogen and oxygen atoms in total. The van der Waals surface area contributed by atoms with E-state index in [1.807, 2.05) is 24.3 Å². The summed E-state index contributed by atoms with van der Waals surface area (Å²) in [5.41, 5.74) is 0.828. The predicted octanol–water partition coefficient (Wildman–Crippen LogP) is 3.80. The Hall–Kier alpha value is -3.79. The number of nitrogens with zero attached hydrogens (tertiary/aromatic N) is 3. The number of methoxy groups -OCH3 is 2. The largest absolute Gasteiger partial charge is 0.497 e. The van der Waals surface area contributed by atoms with E-state index in [4.69, 9.17) is 24.4 Å². The molecule has 2 aliphatic heterocycles. The standard InChI is InChI=1S/C23H22N4O5S/c1-14-26-27-21(24)18(22(28)25-23(27)33-14)12-15-4-9-19(20(13-15)30-3)32-11-10-31-17-7-5-16(29-2)6-8-17/h4-9,12-13,24H,10-11H2,1-3H3/b18-12+,24-21?. The number of hydrazone groups is 1. The highest BCUT2D eigenvalue weighted by Crippen LogP contribution is 2.31. The fraction of sp³-hybridized carbons (Fsp3) is 0.217. The molecule has 2 aliphatic rings. The molecule has 0 atom stereocenters. The summed E-state index contributed by atoms with van der Waals surface area (Å²) in [5, 5.41) is 15.1. The van der Waals surface area contributed by atoms with Gasteiger partial charge in [0.15, 0.2) is 17.3 Å². The van der Waals surface area contributed by atoms with Crippen LogP contribution in [0.25, 0.3) is 6.08 Å². The van der Waals surface area contributed by atoms with Crippen LogP contribution in [-0.2, 0) is 4.79 Å². The lowest BCUT2D eigenvalue weighted by Crippen LogP contribution is -2.35. The zero-order chi connectivity index (χ0) is 23.4. The van der Waals surface area contributed by atoms with Gasteiger partial charge in [-0.05, 0) is 66.7 Å². The first kappa shape index (κ1) is 22.4. The van der Waals surface area contributed by atoms with Gasteiger partial charge in [-0.2, -0.15) is 15.1 Å². The van der Waals surface area contributed by atoms with Crippen molar-refractivity contribution >= 4 is 39.8 Å². The number of carbonyl (C=O) groups excluding carboxylic acids is 1. The number of amides is 1. The van der Waals surface area contributed by atoms with Crippen molar-refractivity contribution < 1.29 is 23.7 Å². The predicted molar refractivity (Wildman–Crippen MR) is 128 cm³/mol. The topological polar surface area (TPSA) is 106 Å². The minimum absolute atomic E-state index is 0.00989. The van der Waals surface area contributed by atoms with Gasteiger partial charge in [-0.15, -0.1) is 0 Å². The first-order valence-electron chi connectivity index (χ1n) is 10.0. The van der Waals surface area contributed by atoms with Crippen LogP contribution in [0, 0.1) is 5.41 Å². The summed E-state index contributed by atoms with van der Waals surface area (Å²) in [7, 11) is 3.15. The summed E-state index contributed by atoms with van der Waals surface area (Å²) in [6.45, 7) is 2.47. The Balaban J connectivity index is 1.41. The molecular weight excluding hydrogens is 444 g/mol. The van der Waals surface area contributed by atoms with Crippen LogP contribution in [0.4, 0.5) is 0 Å². The zero-order valence-electron chi connectivity index (χ0n) is 18.3. The highest BCUT2D eigenvalue weighted by Gasteiger charge is 2.34. The minimum atomic E-state index is -0.473. The van der Waals surface area contributed by atoms with E-state index in [-0.39, 0.29) is 11.4 Å². The Morgan fingerprint density at radius 2 is 1.73 bits per heavy atom. The Labute approximate surface area is 195 Å². The van der Waals surface area contributed by atoms with E-state index >= 15 is 0 Å². The van der Waals surface area contributed by atoms with Crippen LogP contribution in [0.1, 0.15) is 12.5 Å². The first-order chi connectivity index (χ1) is 16.0. The maximum Gasteiger partial charge on any atom is 0.283 e. The molecule has 0 fully saturated rings. The van der Waals surface area contributed by atoms with Crippen LogP contribution < -0.4 is 18.9 Å². The van der Waals surface area contributed by atoms with E-state index in [0.717, 1.165) is 16.5 Å². The molecule has 0 saturated heterocycles. The number of thioether (sulfide) groups is 1. The van der Waals surface area contributed by atoms with Crippen LogP contribution in [-0.4, -0.2) is 54.4 Å². The van der Waals surface area contributed by atoms with Gasteiger partial charge in [0.2, 0.25) is 5.17 Å². The van der Waals surface area contributed by atoms with E-state index in [9.17, 15) is 4.79 Å². The Kier molecular flexibility index (Phi) is 6.64. The van der Waals surface area contributed by atoms with Gasteiger partial charge in [0.05, 0.1) is 24.8 Å². The van der Waals surface area contributed by atoms with Gasteiger partial charge in [0.1, 0.15) is 24.7 Å². The molecule has 0 bridgehead atoms. The van der Waals surface area contributed by atoms with E-state index in [0.29, 0.717) is 35.4 Å². The number of rotatable bonds is 8. The number of hydrogen-bond donors (Lipinski definition) is 1. The molecule has 2 aromatic rings. The summed E-state index contributed by atoms with van der Waals surface area (Å²) in [4.78, 5) is 16.5. The van der Waals surface area contributed by atoms with Crippen molar-refractivity contribution in [1.29, 1.82) is 5.41 Å². The molecule has 2 aromatic carbocycles. The summed E-state index contributed by atoms with van der Waals surface area (Å²) in [5.74, 6) is 2.04. The van der Waals surface area contributed by atoms with Gasteiger partial charge in [-0.1, -0.05) is 6.07 Å². The maximum absolute atomic E-state index is 12.4. The number of amidine groups is 2. The molecular formula is C23H22N4O5S. The maximum atomic E-state index is 12.4. The molecule has 2 heterocycles. The number of hydrogen-bond acceptors (Lipinski definition) is 8. The van der Waals surface area contributed by atoms with Crippen LogP contribution in [0.2, 0.25) is 0 Å². The molecule has 33 heavy (non-hydrogen) atoms. The fourth-order valence-corrected chi connectivity index (χ4v) is 3.86. The van der Waals surface area contributed by atoms with Crippen LogP contribution in [0.5, 0.6) is 23.0 Å². The monoisotopic (exact) mass is 466 g/mol. The molecule has 0 aromatic heterocycles. The third-order valence-corrected chi connectivity index (χ3v) is 5.55. The van der Waals surface area contributed by atoms with Gasteiger partial charge >= 0.3 is 0 Å². The molecule has 0 aliphatic carbocycles. The quantitative estimate of drug-likeness (QED) is 0.466. The lowest BCUT2D eigenvalue weighted by atomic mass is 10.1. The van der Waals surface area contributed by atoms with E-state index in [1.54, 1.807) is 38.3 Å². The zero-order valence-corrected chi connectivity index (χ0v) is 19.1. The molecule has 4 rings (SSSR count). The molecule has 0 radical (unpaired) electrons. The van der Waals surface area contributed by atoms with Gasteiger partial charge in [0.25, 0.3) is 5.91 Å². The minimum Gasteiger partial charge on any atom is -0.497 e. The van der Waals surface area contributed by atoms with Crippen LogP contribution >= 0.6 is 11.8 Å². The van der Waals surface area contributed by atoms with Gasteiger partial charge in [-0.25, -0.2) is 0 Å². The number of aliphatic imine (C=N–C) groups is 1. The van der Waals surface area contributed by atoms with E-state index < -0.39 is 5.91 Å². The Morgan fingerprint density at radius 3 is 2.45 bits per heavy atom. The summed E-state index contributed by atoms with van der Waals surface area (Å²) in [6, 6.07) is 12.6. The summed E-state index contributed by atoms with van der Waals surface area (Å²) >= 11 is 1.27. The van der Waals surface area contributed by atoms with Gasteiger partial charge in [-0.3, -0.25) is 10.2 Å². The molecule has 1 N–H and O–H groups in total. The number of benzene rings is 2. The number of carbonyl (C=O) groups is 1. The third kappa shape index (κ3) is 5.01. The SMILES string of the molecule is COc1ccc(OCCOc2ccc(/C=C3\C(=N)N4N=C(C)SC4=NC3=O)cc2OC)cc1. The molecule has 0 unspecified atom stereocenters. The van der Waals surface area contributed by atoms with Crippen molar-refractivity contribution in [2.24, 2.45) is 10.1 Å². The normalized spacial score (nSPS) is 16.3. The number of fused-ring (bicyclic) bond motifs is 1.